The van der Waals surface area contributed by atoms with E-state index in [9.17, 15) is 4.79 Å². The van der Waals surface area contributed by atoms with E-state index in [1.165, 1.54) is 4.90 Å². The van der Waals surface area contributed by atoms with E-state index in [1.54, 1.807) is 16.4 Å². The fourth-order valence-electron chi connectivity index (χ4n) is 2.36. The van der Waals surface area contributed by atoms with Gasteiger partial charge < -0.3 is 0 Å². The van der Waals surface area contributed by atoms with E-state index in [0.717, 1.165) is 22.6 Å². The lowest BCUT2D eigenvalue weighted by atomic mass is 10.0. The highest BCUT2D eigenvalue weighted by molar-refractivity contribution is 7.98. The smallest absolute Gasteiger partial charge is 0.197 e. The molecule has 0 saturated heterocycles. The highest BCUT2D eigenvalue weighted by Crippen LogP contribution is 2.42. The second kappa shape index (κ2) is 4.56. The predicted molar refractivity (Wildman–Crippen MR) is 72.8 cm³/mol. The standard InChI is InChI=1S/C14H11N3OS/c1-17-14-9-4-2-3-5-12(9)19-8-10(14)13(16-17)11(18)6-7-15/h2-5H,6,8H2,1H3. The summed E-state index contributed by atoms with van der Waals surface area (Å²) < 4.78 is 1.75. The van der Waals surface area contributed by atoms with Crippen LogP contribution < -0.4 is 0 Å². The Morgan fingerprint density at radius 3 is 3.11 bits per heavy atom. The number of hydrogen-bond acceptors (Lipinski definition) is 4. The number of nitriles is 1. The third kappa shape index (κ3) is 1.85. The molecule has 2 aromatic rings. The molecule has 1 aromatic carbocycles. The molecule has 0 aliphatic carbocycles. The highest BCUT2D eigenvalue weighted by atomic mass is 32.2. The van der Waals surface area contributed by atoms with Crippen LogP contribution in [0.3, 0.4) is 0 Å². The number of aryl methyl sites for hydroxylation is 1. The minimum atomic E-state index is -0.195. The van der Waals surface area contributed by atoms with Crippen molar-refractivity contribution >= 4 is 17.5 Å². The SMILES string of the molecule is Cn1nc(C(=O)CC#N)c2c1-c1ccccc1SC2. The highest BCUT2D eigenvalue weighted by Gasteiger charge is 2.26. The average Bonchev–Trinajstić information content (AvgIpc) is 2.77. The number of thioether (sulfide) groups is 1. The molecule has 19 heavy (non-hydrogen) atoms. The summed E-state index contributed by atoms with van der Waals surface area (Å²) in [7, 11) is 1.84. The number of rotatable bonds is 2. The lowest BCUT2D eigenvalue weighted by Gasteiger charge is -2.16. The summed E-state index contributed by atoms with van der Waals surface area (Å²) in [5.41, 5.74) is 3.50. The van der Waals surface area contributed by atoms with Gasteiger partial charge in [0, 0.05) is 28.8 Å². The Morgan fingerprint density at radius 2 is 2.32 bits per heavy atom. The molecule has 0 N–H and O–H groups in total. The van der Waals surface area contributed by atoms with Gasteiger partial charge in [-0.05, 0) is 6.07 Å². The van der Waals surface area contributed by atoms with Gasteiger partial charge in [-0.15, -0.1) is 11.8 Å². The molecule has 1 aliphatic heterocycles. The van der Waals surface area contributed by atoms with E-state index in [2.05, 4.69) is 11.2 Å². The summed E-state index contributed by atoms with van der Waals surface area (Å²) in [6, 6.07) is 10.0. The van der Waals surface area contributed by atoms with Crippen LogP contribution in [0.2, 0.25) is 0 Å². The van der Waals surface area contributed by atoms with Crippen LogP contribution in [-0.2, 0) is 12.8 Å². The molecule has 0 radical (unpaired) electrons. The molecular formula is C14H11N3OS. The number of benzene rings is 1. The maximum atomic E-state index is 11.9. The van der Waals surface area contributed by atoms with Crippen LogP contribution >= 0.6 is 11.8 Å². The molecule has 0 atom stereocenters. The summed E-state index contributed by atoms with van der Waals surface area (Å²) in [4.78, 5) is 13.1. The van der Waals surface area contributed by atoms with Crippen LogP contribution in [0, 0.1) is 11.3 Å². The van der Waals surface area contributed by atoms with Gasteiger partial charge in [0.05, 0.1) is 11.8 Å². The molecule has 0 unspecified atom stereocenters. The first-order chi connectivity index (χ1) is 9.22. The Bertz CT molecular complexity index is 712. The van der Waals surface area contributed by atoms with E-state index in [0.29, 0.717) is 5.69 Å². The van der Waals surface area contributed by atoms with Crippen LogP contribution in [0.15, 0.2) is 29.2 Å². The van der Waals surface area contributed by atoms with E-state index in [-0.39, 0.29) is 12.2 Å². The normalized spacial score (nSPS) is 12.4. The predicted octanol–water partition coefficient (Wildman–Crippen LogP) is 2.79. The minimum Gasteiger partial charge on any atom is -0.291 e. The summed E-state index contributed by atoms with van der Waals surface area (Å²) in [5, 5.41) is 13.0. The first-order valence-corrected chi connectivity index (χ1v) is 6.89. The van der Waals surface area contributed by atoms with Crippen molar-refractivity contribution in [2.75, 3.05) is 0 Å². The number of fused-ring (bicyclic) bond motifs is 3. The zero-order valence-corrected chi connectivity index (χ0v) is 11.2. The Morgan fingerprint density at radius 1 is 1.53 bits per heavy atom. The Balaban J connectivity index is 2.18. The van der Waals surface area contributed by atoms with Crippen molar-refractivity contribution in [2.45, 2.75) is 17.1 Å². The zero-order chi connectivity index (χ0) is 13.4. The molecule has 4 nitrogen and oxygen atoms in total. The molecule has 0 fully saturated rings. The number of Topliss-reactive ketones (excluding diaryl/α,β-unsaturated/α-hetero) is 1. The largest absolute Gasteiger partial charge is 0.291 e. The Labute approximate surface area is 115 Å². The van der Waals surface area contributed by atoms with Crippen LogP contribution in [0.1, 0.15) is 22.5 Å². The van der Waals surface area contributed by atoms with Crippen LogP contribution in [0.5, 0.6) is 0 Å². The van der Waals surface area contributed by atoms with E-state index in [4.69, 9.17) is 5.26 Å². The van der Waals surface area contributed by atoms with Crippen molar-refractivity contribution in [3.8, 4) is 17.3 Å². The Hall–Kier alpha value is -2.06. The zero-order valence-electron chi connectivity index (χ0n) is 10.4. The van der Waals surface area contributed by atoms with Crippen LogP contribution in [-0.4, -0.2) is 15.6 Å². The Kier molecular flexibility index (Phi) is 2.88. The van der Waals surface area contributed by atoms with Crippen molar-refractivity contribution < 1.29 is 4.79 Å². The molecule has 0 amide bonds. The van der Waals surface area contributed by atoms with Crippen molar-refractivity contribution in [1.82, 2.24) is 9.78 Å². The molecular weight excluding hydrogens is 258 g/mol. The molecule has 0 bridgehead atoms. The number of hydrogen-bond donors (Lipinski definition) is 0. The summed E-state index contributed by atoms with van der Waals surface area (Å²) >= 11 is 1.71. The van der Waals surface area contributed by atoms with Gasteiger partial charge in [-0.1, -0.05) is 18.2 Å². The van der Waals surface area contributed by atoms with Gasteiger partial charge in [-0.2, -0.15) is 10.4 Å². The number of nitrogens with zero attached hydrogens (tertiary/aromatic N) is 3. The van der Waals surface area contributed by atoms with Crippen LogP contribution in [0.4, 0.5) is 0 Å². The molecule has 0 saturated carbocycles. The molecule has 1 aliphatic rings. The van der Waals surface area contributed by atoms with Gasteiger partial charge in [0.1, 0.15) is 12.1 Å². The lowest BCUT2D eigenvalue weighted by molar-refractivity contribution is 0.0991. The second-order valence-electron chi connectivity index (χ2n) is 4.34. The van der Waals surface area contributed by atoms with Gasteiger partial charge in [0.25, 0.3) is 0 Å². The van der Waals surface area contributed by atoms with Gasteiger partial charge in [0.2, 0.25) is 0 Å². The van der Waals surface area contributed by atoms with Crippen LogP contribution in [0.25, 0.3) is 11.3 Å². The van der Waals surface area contributed by atoms with E-state index in [1.807, 2.05) is 31.3 Å². The maximum absolute atomic E-state index is 11.9. The fourth-order valence-corrected chi connectivity index (χ4v) is 3.43. The fraction of sp³-hybridized carbons (Fsp3) is 0.214. The van der Waals surface area contributed by atoms with Crippen molar-refractivity contribution in [2.24, 2.45) is 7.05 Å². The van der Waals surface area contributed by atoms with Gasteiger partial charge in [-0.25, -0.2) is 0 Å². The molecule has 2 heterocycles. The van der Waals surface area contributed by atoms with Gasteiger partial charge in [-0.3, -0.25) is 9.48 Å². The molecule has 0 spiro atoms. The van der Waals surface area contributed by atoms with E-state index >= 15 is 0 Å². The average molecular weight is 269 g/mol. The second-order valence-corrected chi connectivity index (χ2v) is 5.36. The third-order valence-corrected chi connectivity index (χ3v) is 4.26. The van der Waals surface area contributed by atoms with E-state index < -0.39 is 0 Å². The number of carbonyl (C=O) groups excluding carboxylic acids is 1. The number of aromatic nitrogens is 2. The quantitative estimate of drug-likeness (QED) is 0.787. The van der Waals surface area contributed by atoms with Gasteiger partial charge in [0.15, 0.2) is 5.78 Å². The molecule has 1 aromatic heterocycles. The first kappa shape index (κ1) is 12.0. The number of ketones is 1. The summed E-state index contributed by atoms with van der Waals surface area (Å²) in [6.45, 7) is 0. The monoisotopic (exact) mass is 269 g/mol. The van der Waals surface area contributed by atoms with Crippen molar-refractivity contribution in [1.29, 1.82) is 5.26 Å². The first-order valence-electron chi connectivity index (χ1n) is 5.90. The topological polar surface area (TPSA) is 58.7 Å². The third-order valence-electron chi connectivity index (χ3n) is 3.16. The van der Waals surface area contributed by atoms with Crippen molar-refractivity contribution in [3.05, 3.63) is 35.5 Å². The lowest BCUT2D eigenvalue weighted by Crippen LogP contribution is -2.03. The molecule has 5 heteroatoms. The summed E-state index contributed by atoms with van der Waals surface area (Å²) in [6.07, 6.45) is -0.115. The minimum absolute atomic E-state index is 0.115. The summed E-state index contributed by atoms with van der Waals surface area (Å²) in [5.74, 6) is 0.534. The van der Waals surface area contributed by atoms with Crippen molar-refractivity contribution in [3.63, 3.8) is 0 Å². The maximum Gasteiger partial charge on any atom is 0.197 e. The van der Waals surface area contributed by atoms with Gasteiger partial charge >= 0.3 is 0 Å². The molecule has 94 valence electrons. The molecule has 3 rings (SSSR count). The number of carbonyl (C=O) groups is 1.